The smallest absolute Gasteiger partial charge is 0.337 e. The number of nitrogens with two attached hydrogens (primary N) is 2. The first kappa shape index (κ1) is 19.3. The van der Waals surface area contributed by atoms with Crippen LogP contribution in [0.25, 0.3) is 0 Å². The highest BCUT2D eigenvalue weighted by molar-refractivity contribution is 6.30. The van der Waals surface area contributed by atoms with E-state index in [4.69, 9.17) is 27.8 Å². The minimum atomic E-state index is -0.404. The Balaban J connectivity index is 1.95. The molecule has 142 valence electrons. The van der Waals surface area contributed by atoms with Crippen molar-refractivity contribution in [1.29, 1.82) is 0 Å². The standard InChI is InChI=1S/C20H18ClN5O2/c1-28-20(27)13-4-2-3-12(9-13)10-14-11-17(22)24-19(23)18(14)26-25-16-7-5-15(21)6-8-16/h2-9,11H,10H2,1H3,(H4,22,23,24). The van der Waals surface area contributed by atoms with E-state index in [0.29, 0.717) is 28.4 Å². The molecule has 0 saturated carbocycles. The van der Waals surface area contributed by atoms with Crippen LogP contribution in [0.2, 0.25) is 5.02 Å². The molecule has 0 aliphatic rings. The molecule has 0 atom stereocenters. The molecule has 0 spiro atoms. The van der Waals surface area contributed by atoms with Crippen LogP contribution in [0.4, 0.5) is 23.0 Å². The number of carbonyl (C=O) groups is 1. The van der Waals surface area contributed by atoms with Gasteiger partial charge in [-0.05, 0) is 60.0 Å². The molecule has 4 N–H and O–H groups in total. The predicted octanol–water partition coefficient (Wildman–Crippen LogP) is 4.69. The minimum absolute atomic E-state index is 0.178. The number of methoxy groups -OCH3 is 1. The van der Waals surface area contributed by atoms with E-state index in [-0.39, 0.29) is 11.6 Å². The molecule has 7 nitrogen and oxygen atoms in total. The van der Waals surface area contributed by atoms with Crippen molar-refractivity contribution in [3.63, 3.8) is 0 Å². The number of nitrogen functional groups attached to an aromatic ring is 2. The number of nitrogens with zero attached hydrogens (tertiary/aromatic N) is 3. The van der Waals surface area contributed by atoms with E-state index in [1.807, 2.05) is 6.07 Å². The Morgan fingerprint density at radius 2 is 1.86 bits per heavy atom. The second-order valence-electron chi connectivity index (χ2n) is 5.99. The van der Waals surface area contributed by atoms with Crippen LogP contribution in [-0.4, -0.2) is 18.1 Å². The first-order valence-electron chi connectivity index (χ1n) is 8.35. The number of rotatable bonds is 5. The van der Waals surface area contributed by atoms with Gasteiger partial charge in [0.2, 0.25) is 0 Å². The minimum Gasteiger partial charge on any atom is -0.465 e. The Morgan fingerprint density at radius 1 is 1.11 bits per heavy atom. The van der Waals surface area contributed by atoms with E-state index in [2.05, 4.69) is 15.2 Å². The van der Waals surface area contributed by atoms with Crippen molar-refractivity contribution in [1.82, 2.24) is 4.98 Å². The van der Waals surface area contributed by atoms with Gasteiger partial charge in [0, 0.05) is 5.02 Å². The number of anilines is 2. The van der Waals surface area contributed by atoms with Crippen molar-refractivity contribution in [3.05, 3.63) is 76.3 Å². The number of benzene rings is 2. The van der Waals surface area contributed by atoms with Crippen molar-refractivity contribution < 1.29 is 9.53 Å². The highest BCUT2D eigenvalue weighted by atomic mass is 35.5. The van der Waals surface area contributed by atoms with E-state index in [9.17, 15) is 4.79 Å². The van der Waals surface area contributed by atoms with Crippen LogP contribution in [0.3, 0.4) is 0 Å². The van der Waals surface area contributed by atoms with E-state index in [1.54, 1.807) is 48.5 Å². The molecule has 8 heteroatoms. The number of halogens is 1. The number of azo groups is 1. The zero-order valence-corrected chi connectivity index (χ0v) is 15.8. The molecule has 2 aromatic carbocycles. The molecular weight excluding hydrogens is 378 g/mol. The molecule has 1 aromatic heterocycles. The van der Waals surface area contributed by atoms with Gasteiger partial charge >= 0.3 is 5.97 Å². The summed E-state index contributed by atoms with van der Waals surface area (Å²) in [5, 5.41) is 9.07. The van der Waals surface area contributed by atoms with E-state index in [0.717, 1.165) is 11.1 Å². The molecule has 0 saturated heterocycles. The topological polar surface area (TPSA) is 116 Å². The summed E-state index contributed by atoms with van der Waals surface area (Å²) in [4.78, 5) is 15.8. The molecule has 0 aliphatic carbocycles. The fourth-order valence-electron chi connectivity index (χ4n) is 2.65. The van der Waals surface area contributed by atoms with Gasteiger partial charge in [-0.1, -0.05) is 23.7 Å². The van der Waals surface area contributed by atoms with Gasteiger partial charge in [-0.2, -0.15) is 5.11 Å². The van der Waals surface area contributed by atoms with Crippen molar-refractivity contribution >= 4 is 40.6 Å². The maximum absolute atomic E-state index is 11.8. The van der Waals surface area contributed by atoms with Crippen LogP contribution in [0.15, 0.2) is 64.8 Å². The largest absolute Gasteiger partial charge is 0.465 e. The fraction of sp³-hybridized carbons (Fsp3) is 0.100. The van der Waals surface area contributed by atoms with Gasteiger partial charge in [-0.15, -0.1) is 5.11 Å². The average molecular weight is 396 g/mol. The second-order valence-corrected chi connectivity index (χ2v) is 6.42. The summed E-state index contributed by atoms with van der Waals surface area (Å²) in [6, 6.07) is 15.7. The first-order chi connectivity index (χ1) is 13.5. The summed E-state index contributed by atoms with van der Waals surface area (Å²) in [5.74, 6) is 0.0529. The lowest BCUT2D eigenvalue weighted by Crippen LogP contribution is -2.03. The van der Waals surface area contributed by atoms with Crippen molar-refractivity contribution in [2.45, 2.75) is 6.42 Å². The Labute approximate surface area is 167 Å². The Bertz CT molecular complexity index is 1040. The molecule has 0 fully saturated rings. The molecule has 1 heterocycles. The number of hydrogen-bond acceptors (Lipinski definition) is 7. The summed E-state index contributed by atoms with van der Waals surface area (Å²) in [6.07, 6.45) is 0.441. The van der Waals surface area contributed by atoms with Crippen LogP contribution >= 0.6 is 11.6 Å². The summed E-state index contributed by atoms with van der Waals surface area (Å²) >= 11 is 5.88. The highest BCUT2D eigenvalue weighted by Crippen LogP contribution is 2.31. The lowest BCUT2D eigenvalue weighted by atomic mass is 10.0. The van der Waals surface area contributed by atoms with Crippen molar-refractivity contribution in [3.8, 4) is 0 Å². The van der Waals surface area contributed by atoms with Gasteiger partial charge in [-0.3, -0.25) is 0 Å². The van der Waals surface area contributed by atoms with E-state index >= 15 is 0 Å². The third kappa shape index (κ3) is 4.63. The van der Waals surface area contributed by atoms with E-state index in [1.165, 1.54) is 7.11 Å². The van der Waals surface area contributed by atoms with Crippen molar-refractivity contribution in [2.24, 2.45) is 10.2 Å². The Hall–Kier alpha value is -3.45. The average Bonchev–Trinajstić information content (AvgIpc) is 2.68. The van der Waals surface area contributed by atoms with Gasteiger partial charge in [0.05, 0.1) is 18.4 Å². The molecule has 28 heavy (non-hydrogen) atoms. The van der Waals surface area contributed by atoms with Gasteiger partial charge < -0.3 is 16.2 Å². The van der Waals surface area contributed by atoms with Gasteiger partial charge in [0.1, 0.15) is 11.5 Å². The molecule has 0 bridgehead atoms. The summed E-state index contributed by atoms with van der Waals surface area (Å²) in [7, 11) is 1.34. The quantitative estimate of drug-likeness (QED) is 0.480. The number of carbonyl (C=O) groups excluding carboxylic acids is 1. The maximum Gasteiger partial charge on any atom is 0.337 e. The van der Waals surface area contributed by atoms with Crippen LogP contribution in [-0.2, 0) is 11.2 Å². The highest BCUT2D eigenvalue weighted by Gasteiger charge is 2.12. The fourth-order valence-corrected chi connectivity index (χ4v) is 2.77. The zero-order chi connectivity index (χ0) is 20.1. The summed E-state index contributed by atoms with van der Waals surface area (Å²) < 4.78 is 4.77. The van der Waals surface area contributed by atoms with Gasteiger partial charge in [-0.25, -0.2) is 9.78 Å². The Morgan fingerprint density at radius 3 is 2.57 bits per heavy atom. The molecule has 0 radical (unpaired) electrons. The third-order valence-electron chi connectivity index (χ3n) is 3.95. The lowest BCUT2D eigenvalue weighted by Gasteiger charge is -2.10. The SMILES string of the molecule is COC(=O)c1cccc(Cc2cc(N)nc(N)c2N=Nc2ccc(Cl)cc2)c1. The van der Waals surface area contributed by atoms with Crippen LogP contribution in [0, 0.1) is 0 Å². The summed E-state index contributed by atoms with van der Waals surface area (Å²) in [5.41, 5.74) is 15.0. The number of aromatic nitrogens is 1. The third-order valence-corrected chi connectivity index (χ3v) is 4.21. The van der Waals surface area contributed by atoms with Crippen molar-refractivity contribution in [2.75, 3.05) is 18.6 Å². The number of ether oxygens (including phenoxy) is 1. The van der Waals surface area contributed by atoms with E-state index < -0.39 is 5.97 Å². The zero-order valence-electron chi connectivity index (χ0n) is 15.1. The molecule has 0 aliphatic heterocycles. The first-order valence-corrected chi connectivity index (χ1v) is 8.73. The number of pyridine rings is 1. The van der Waals surface area contributed by atoms with Gasteiger partial charge in [0.15, 0.2) is 5.82 Å². The molecule has 3 rings (SSSR count). The van der Waals surface area contributed by atoms with Crippen LogP contribution in [0.5, 0.6) is 0 Å². The molecule has 0 unspecified atom stereocenters. The second kappa shape index (κ2) is 8.49. The molecule has 0 amide bonds. The Kier molecular flexibility index (Phi) is 5.86. The summed E-state index contributed by atoms with van der Waals surface area (Å²) in [6.45, 7) is 0. The normalized spacial score (nSPS) is 10.9. The monoisotopic (exact) mass is 395 g/mol. The predicted molar refractivity (Wildman–Crippen MR) is 109 cm³/mol. The lowest BCUT2D eigenvalue weighted by molar-refractivity contribution is 0.0600. The number of esters is 1. The molecular formula is C20H18ClN5O2. The molecule has 3 aromatic rings. The maximum atomic E-state index is 11.8. The van der Waals surface area contributed by atoms with Crippen LogP contribution in [0.1, 0.15) is 21.5 Å². The number of hydrogen-bond donors (Lipinski definition) is 2. The van der Waals surface area contributed by atoms with Gasteiger partial charge in [0.25, 0.3) is 0 Å². The van der Waals surface area contributed by atoms with Crippen LogP contribution < -0.4 is 11.5 Å².